The second-order valence-electron chi connectivity index (χ2n) is 11.4. The highest BCUT2D eigenvalue weighted by atomic mass is 32.2. The lowest BCUT2D eigenvalue weighted by Gasteiger charge is -2.25. The van der Waals surface area contributed by atoms with Gasteiger partial charge in [0.05, 0.1) is 27.7 Å². The molecule has 1 aliphatic heterocycles. The highest BCUT2D eigenvalue weighted by molar-refractivity contribution is 7.90. The van der Waals surface area contributed by atoms with Gasteiger partial charge < -0.3 is 10.1 Å². The number of aryl methyl sites for hydroxylation is 2. The number of pyridine rings is 1. The van der Waals surface area contributed by atoms with Crippen molar-refractivity contribution < 1.29 is 17.9 Å². The van der Waals surface area contributed by atoms with E-state index in [4.69, 9.17) is 14.7 Å². The summed E-state index contributed by atoms with van der Waals surface area (Å²) in [6.07, 6.45) is 6.03. The SMILES string of the molecule is Cc1c(-c2ccc(Nc3cc(CC(=O)C4CC4)nc4c3nc(C)n4C3CCCCO3)c(S(C)(=O)=O)c2)nn(C)c1C. The summed E-state index contributed by atoms with van der Waals surface area (Å²) in [4.78, 5) is 22.7. The summed E-state index contributed by atoms with van der Waals surface area (Å²) in [6.45, 7) is 6.57. The number of nitrogens with zero attached hydrogens (tertiary/aromatic N) is 5. The lowest BCUT2D eigenvalue weighted by Crippen LogP contribution is -2.19. The van der Waals surface area contributed by atoms with Crippen molar-refractivity contribution in [2.75, 3.05) is 18.2 Å². The van der Waals surface area contributed by atoms with Crippen LogP contribution in [0.3, 0.4) is 0 Å². The maximum absolute atomic E-state index is 13.0. The van der Waals surface area contributed by atoms with Crippen LogP contribution in [0.1, 0.15) is 61.1 Å². The van der Waals surface area contributed by atoms with Gasteiger partial charge >= 0.3 is 0 Å². The van der Waals surface area contributed by atoms with E-state index in [-0.39, 0.29) is 29.2 Å². The number of benzene rings is 1. The molecule has 2 aliphatic rings. The number of nitrogens with one attached hydrogen (secondary N) is 1. The Hall–Kier alpha value is -3.57. The third-order valence-electron chi connectivity index (χ3n) is 8.27. The monoisotopic (exact) mass is 576 g/mol. The Bertz CT molecular complexity index is 1780. The van der Waals surface area contributed by atoms with Crippen LogP contribution in [0, 0.1) is 26.7 Å². The number of carbonyl (C=O) groups excluding carboxylic acids is 1. The number of sulfone groups is 1. The fraction of sp³-hybridized carbons (Fsp3) is 0.467. The molecule has 6 rings (SSSR count). The van der Waals surface area contributed by atoms with Crippen LogP contribution < -0.4 is 5.32 Å². The van der Waals surface area contributed by atoms with E-state index in [1.165, 1.54) is 6.26 Å². The van der Waals surface area contributed by atoms with Crippen LogP contribution in [0.15, 0.2) is 29.2 Å². The number of hydrogen-bond donors (Lipinski definition) is 1. The zero-order valence-electron chi connectivity index (χ0n) is 24.2. The molecule has 216 valence electrons. The Kier molecular flexibility index (Phi) is 6.97. The van der Waals surface area contributed by atoms with Gasteiger partial charge in [0.1, 0.15) is 23.4 Å². The Morgan fingerprint density at radius 3 is 2.49 bits per heavy atom. The predicted octanol–water partition coefficient (Wildman–Crippen LogP) is 5.12. The van der Waals surface area contributed by atoms with E-state index in [2.05, 4.69) is 10.4 Å². The molecular weight excluding hydrogens is 540 g/mol. The fourth-order valence-electron chi connectivity index (χ4n) is 5.62. The number of ether oxygens (including phenoxy) is 1. The van der Waals surface area contributed by atoms with Gasteiger partial charge in [-0.2, -0.15) is 5.10 Å². The van der Waals surface area contributed by atoms with Crippen LogP contribution >= 0.6 is 0 Å². The number of rotatable bonds is 8. The number of anilines is 2. The zero-order chi connectivity index (χ0) is 29.1. The lowest BCUT2D eigenvalue weighted by molar-refractivity contribution is -0.119. The molecule has 10 nitrogen and oxygen atoms in total. The third kappa shape index (κ3) is 5.28. The molecule has 4 heterocycles. The first kappa shape index (κ1) is 27.6. The molecule has 1 saturated carbocycles. The molecule has 2 fully saturated rings. The molecule has 1 unspecified atom stereocenters. The predicted molar refractivity (Wildman–Crippen MR) is 157 cm³/mol. The van der Waals surface area contributed by atoms with Crippen LogP contribution in [-0.4, -0.2) is 51.4 Å². The molecule has 3 aromatic heterocycles. The number of aromatic nitrogens is 5. The smallest absolute Gasteiger partial charge is 0.177 e. The molecule has 41 heavy (non-hydrogen) atoms. The van der Waals surface area contributed by atoms with Crippen molar-refractivity contribution in [3.05, 3.63) is 47.0 Å². The van der Waals surface area contributed by atoms with E-state index in [0.29, 0.717) is 34.8 Å². The Labute approximate surface area is 240 Å². The Balaban J connectivity index is 1.47. The maximum atomic E-state index is 13.0. The van der Waals surface area contributed by atoms with E-state index in [1.807, 2.05) is 44.5 Å². The highest BCUT2D eigenvalue weighted by Gasteiger charge is 2.30. The first-order valence-electron chi connectivity index (χ1n) is 14.2. The van der Waals surface area contributed by atoms with Crippen LogP contribution in [0.25, 0.3) is 22.4 Å². The van der Waals surface area contributed by atoms with Gasteiger partial charge in [-0.3, -0.25) is 14.0 Å². The van der Waals surface area contributed by atoms with Crippen molar-refractivity contribution >= 4 is 38.2 Å². The normalized spacial score (nSPS) is 17.7. The minimum absolute atomic E-state index is 0.111. The van der Waals surface area contributed by atoms with Crippen LogP contribution in [0.5, 0.6) is 0 Å². The summed E-state index contributed by atoms with van der Waals surface area (Å²) >= 11 is 0. The molecular formula is C30H36N6O4S. The number of carbonyl (C=O) groups is 1. The molecule has 0 spiro atoms. The van der Waals surface area contributed by atoms with Crippen molar-refractivity contribution in [3.8, 4) is 11.3 Å². The van der Waals surface area contributed by atoms with Gasteiger partial charge in [-0.15, -0.1) is 0 Å². The lowest BCUT2D eigenvalue weighted by atomic mass is 10.1. The summed E-state index contributed by atoms with van der Waals surface area (Å²) in [6, 6.07) is 7.14. The number of Topliss-reactive ketones (excluding diaryl/α,β-unsaturated/α-hetero) is 1. The average Bonchev–Trinajstić information content (AvgIpc) is 3.69. The molecule has 1 saturated heterocycles. The number of imidazole rings is 1. The molecule has 1 aliphatic carbocycles. The number of ketones is 1. The van der Waals surface area contributed by atoms with Crippen LogP contribution in [0.4, 0.5) is 11.4 Å². The van der Waals surface area contributed by atoms with Crippen molar-refractivity contribution in [3.63, 3.8) is 0 Å². The van der Waals surface area contributed by atoms with Crippen molar-refractivity contribution in [1.29, 1.82) is 0 Å². The van der Waals surface area contributed by atoms with E-state index < -0.39 is 9.84 Å². The van der Waals surface area contributed by atoms with Gasteiger partial charge in [-0.25, -0.2) is 18.4 Å². The largest absolute Gasteiger partial charge is 0.358 e. The standard InChI is InChI=1S/C30H36N6O4S/c1-17-18(2)35(4)34-28(17)21-11-12-23(26(14-21)41(5,38)39)33-24-15-22(16-25(37)20-9-10-20)32-30-29(24)31-19(3)36(30)27-8-6-7-13-40-27/h11-12,14-15,20,27H,6-10,13,16H2,1-5H3,(H,32,33). The highest BCUT2D eigenvalue weighted by Crippen LogP contribution is 2.37. The Morgan fingerprint density at radius 2 is 1.85 bits per heavy atom. The van der Waals surface area contributed by atoms with Gasteiger partial charge in [-0.05, 0) is 76.6 Å². The van der Waals surface area contributed by atoms with Crippen molar-refractivity contribution in [2.24, 2.45) is 13.0 Å². The van der Waals surface area contributed by atoms with Gasteiger partial charge in [-0.1, -0.05) is 6.07 Å². The van der Waals surface area contributed by atoms with Gasteiger partial charge in [0.25, 0.3) is 0 Å². The molecule has 1 aromatic carbocycles. The molecule has 0 radical (unpaired) electrons. The number of hydrogen-bond acceptors (Lipinski definition) is 8. The van der Waals surface area contributed by atoms with E-state index in [1.54, 1.807) is 16.8 Å². The fourth-order valence-corrected chi connectivity index (χ4v) is 6.48. The van der Waals surface area contributed by atoms with Gasteiger partial charge in [0.2, 0.25) is 0 Å². The molecule has 0 bridgehead atoms. The summed E-state index contributed by atoms with van der Waals surface area (Å²) < 4.78 is 36.0. The van der Waals surface area contributed by atoms with Gasteiger partial charge in [0.15, 0.2) is 15.5 Å². The molecule has 1 N–H and O–H groups in total. The summed E-state index contributed by atoms with van der Waals surface area (Å²) in [5, 5.41) is 7.97. The number of fused-ring (bicyclic) bond motifs is 1. The maximum Gasteiger partial charge on any atom is 0.177 e. The quantitative estimate of drug-likeness (QED) is 0.307. The van der Waals surface area contributed by atoms with Gasteiger partial charge in [0, 0.05) is 43.5 Å². The van der Waals surface area contributed by atoms with Crippen LogP contribution in [-0.2, 0) is 32.8 Å². The van der Waals surface area contributed by atoms with E-state index in [0.717, 1.165) is 60.4 Å². The first-order valence-corrected chi connectivity index (χ1v) is 16.0. The van der Waals surface area contributed by atoms with E-state index in [9.17, 15) is 13.2 Å². The van der Waals surface area contributed by atoms with E-state index >= 15 is 0 Å². The minimum Gasteiger partial charge on any atom is -0.358 e. The topological polar surface area (TPSA) is 121 Å². The van der Waals surface area contributed by atoms with Crippen molar-refractivity contribution in [1.82, 2.24) is 24.3 Å². The molecule has 1 atom stereocenters. The zero-order valence-corrected chi connectivity index (χ0v) is 25.0. The second-order valence-corrected chi connectivity index (χ2v) is 13.4. The molecule has 11 heteroatoms. The third-order valence-corrected chi connectivity index (χ3v) is 9.40. The Morgan fingerprint density at radius 1 is 1.07 bits per heavy atom. The summed E-state index contributed by atoms with van der Waals surface area (Å²) in [5.74, 6) is 1.05. The first-order chi connectivity index (χ1) is 19.5. The summed E-state index contributed by atoms with van der Waals surface area (Å²) in [5.41, 5.74) is 6.39. The summed E-state index contributed by atoms with van der Waals surface area (Å²) in [7, 11) is -1.74. The van der Waals surface area contributed by atoms with Crippen molar-refractivity contribution in [2.45, 2.75) is 70.4 Å². The van der Waals surface area contributed by atoms with Crippen LogP contribution in [0.2, 0.25) is 0 Å². The molecule has 4 aromatic rings. The average molecular weight is 577 g/mol. The minimum atomic E-state index is -3.62. The second kappa shape index (κ2) is 10.4. The molecule has 0 amide bonds.